The molecule has 3 aromatic rings. The molecule has 0 bridgehead atoms. The lowest BCUT2D eigenvalue weighted by atomic mass is 9.82. The average Bonchev–Trinajstić information content (AvgIpc) is 2.68. The van der Waals surface area contributed by atoms with Gasteiger partial charge in [-0.2, -0.15) is 0 Å². The van der Waals surface area contributed by atoms with Gasteiger partial charge in [-0.3, -0.25) is 0 Å². The molecule has 3 aromatic carbocycles. The van der Waals surface area contributed by atoms with Crippen molar-refractivity contribution >= 4 is 10.8 Å². The summed E-state index contributed by atoms with van der Waals surface area (Å²) in [6.07, 6.45) is 7.00. The molecule has 0 saturated heterocycles. The first kappa shape index (κ1) is 17.0. The maximum Gasteiger partial charge on any atom is 0.126 e. The van der Waals surface area contributed by atoms with Gasteiger partial charge in [-0.25, -0.2) is 0 Å². The van der Waals surface area contributed by atoms with Gasteiger partial charge >= 0.3 is 0 Å². The summed E-state index contributed by atoms with van der Waals surface area (Å²) in [6.45, 7) is 1.95. The molecule has 0 unspecified atom stereocenters. The van der Waals surface area contributed by atoms with Crippen LogP contribution in [0.5, 0.6) is 11.5 Å². The van der Waals surface area contributed by atoms with Crippen molar-refractivity contribution in [3.8, 4) is 11.5 Å². The summed E-state index contributed by atoms with van der Waals surface area (Å²) < 4.78 is 0. The summed E-state index contributed by atoms with van der Waals surface area (Å²) in [6, 6.07) is 16.2. The Kier molecular flexibility index (Phi) is 4.58. The van der Waals surface area contributed by atoms with Crippen LogP contribution in [-0.2, 0) is 6.42 Å². The molecule has 2 nitrogen and oxygen atoms in total. The van der Waals surface area contributed by atoms with Gasteiger partial charge in [-0.15, -0.1) is 0 Å². The number of phenols is 2. The molecular weight excluding hydrogens is 320 g/mol. The van der Waals surface area contributed by atoms with E-state index in [0.29, 0.717) is 17.4 Å². The van der Waals surface area contributed by atoms with Gasteiger partial charge < -0.3 is 10.2 Å². The number of rotatable bonds is 3. The van der Waals surface area contributed by atoms with E-state index in [9.17, 15) is 10.2 Å². The highest BCUT2D eigenvalue weighted by Crippen LogP contribution is 2.38. The lowest BCUT2D eigenvalue weighted by Crippen LogP contribution is -2.05. The fraction of sp³-hybridized carbons (Fsp3) is 0.333. The van der Waals surface area contributed by atoms with Crippen LogP contribution in [0, 0.1) is 6.92 Å². The fourth-order valence-corrected chi connectivity index (χ4v) is 4.41. The standard InChI is InChI=1S/C24H26O2/c1-16-13-19(20-9-5-6-10-21(20)24(16)26)14-17-11-12-23(25)22(15-17)18-7-3-2-4-8-18/h5-6,9-13,15,18,25-26H,2-4,7-8,14H2,1H3. The summed E-state index contributed by atoms with van der Waals surface area (Å²) in [5.74, 6) is 1.30. The SMILES string of the molecule is Cc1cc(Cc2ccc(O)c(C3CCCCC3)c2)c2ccccc2c1O. The molecule has 2 N–H and O–H groups in total. The summed E-state index contributed by atoms with van der Waals surface area (Å²) in [5.41, 5.74) is 4.46. The molecule has 1 saturated carbocycles. The van der Waals surface area contributed by atoms with Crippen molar-refractivity contribution in [3.63, 3.8) is 0 Å². The van der Waals surface area contributed by atoms with Crippen LogP contribution in [0.2, 0.25) is 0 Å². The summed E-state index contributed by atoms with van der Waals surface area (Å²) in [5, 5.41) is 22.7. The molecule has 0 heterocycles. The summed E-state index contributed by atoms with van der Waals surface area (Å²) in [4.78, 5) is 0. The third-order valence-corrected chi connectivity index (χ3v) is 5.82. The topological polar surface area (TPSA) is 40.5 Å². The summed E-state index contributed by atoms with van der Waals surface area (Å²) >= 11 is 0. The number of phenolic OH excluding ortho intramolecular Hbond substituents is 2. The van der Waals surface area contributed by atoms with Gasteiger partial charge in [0.05, 0.1) is 0 Å². The molecule has 1 aliphatic rings. The molecule has 1 aliphatic carbocycles. The van der Waals surface area contributed by atoms with Gasteiger partial charge in [-0.1, -0.05) is 61.7 Å². The van der Waals surface area contributed by atoms with Crippen molar-refractivity contribution in [2.45, 2.75) is 51.4 Å². The molecular formula is C24H26O2. The zero-order chi connectivity index (χ0) is 18.1. The van der Waals surface area contributed by atoms with E-state index in [-0.39, 0.29) is 0 Å². The Labute approximate surface area is 155 Å². The van der Waals surface area contributed by atoms with E-state index in [0.717, 1.165) is 28.3 Å². The molecule has 0 radical (unpaired) electrons. The zero-order valence-electron chi connectivity index (χ0n) is 15.3. The minimum atomic E-state index is 0.373. The quantitative estimate of drug-likeness (QED) is 0.593. The first-order valence-electron chi connectivity index (χ1n) is 9.65. The van der Waals surface area contributed by atoms with Crippen LogP contribution in [0.25, 0.3) is 10.8 Å². The second-order valence-corrected chi connectivity index (χ2v) is 7.65. The van der Waals surface area contributed by atoms with Crippen molar-refractivity contribution < 1.29 is 10.2 Å². The Bertz CT molecular complexity index is 936. The Balaban J connectivity index is 1.72. The van der Waals surface area contributed by atoms with E-state index in [1.807, 2.05) is 37.3 Å². The average molecular weight is 346 g/mol. The first-order chi connectivity index (χ1) is 12.6. The molecule has 4 rings (SSSR count). The number of hydrogen-bond donors (Lipinski definition) is 2. The molecule has 26 heavy (non-hydrogen) atoms. The van der Waals surface area contributed by atoms with Gasteiger partial charge in [0.25, 0.3) is 0 Å². The van der Waals surface area contributed by atoms with Gasteiger partial charge in [0.1, 0.15) is 11.5 Å². The predicted molar refractivity (Wildman–Crippen MR) is 107 cm³/mol. The highest BCUT2D eigenvalue weighted by Gasteiger charge is 2.19. The van der Waals surface area contributed by atoms with Gasteiger partial charge in [-0.05, 0) is 65.8 Å². The zero-order valence-corrected chi connectivity index (χ0v) is 15.3. The highest BCUT2D eigenvalue weighted by atomic mass is 16.3. The van der Waals surface area contributed by atoms with Crippen LogP contribution >= 0.6 is 0 Å². The Morgan fingerprint density at radius 3 is 2.38 bits per heavy atom. The minimum absolute atomic E-state index is 0.373. The molecule has 0 aromatic heterocycles. The monoisotopic (exact) mass is 346 g/mol. The fourth-order valence-electron chi connectivity index (χ4n) is 4.41. The van der Waals surface area contributed by atoms with Crippen LogP contribution in [0.15, 0.2) is 48.5 Å². The molecule has 0 amide bonds. The van der Waals surface area contributed by atoms with Crippen molar-refractivity contribution in [3.05, 3.63) is 70.8 Å². The van der Waals surface area contributed by atoms with E-state index in [1.165, 1.54) is 43.2 Å². The number of aromatic hydroxyl groups is 2. The summed E-state index contributed by atoms with van der Waals surface area (Å²) in [7, 11) is 0. The lowest BCUT2D eigenvalue weighted by molar-refractivity contribution is 0.414. The smallest absolute Gasteiger partial charge is 0.126 e. The van der Waals surface area contributed by atoms with Gasteiger partial charge in [0.2, 0.25) is 0 Å². The Morgan fingerprint density at radius 2 is 1.62 bits per heavy atom. The Morgan fingerprint density at radius 1 is 0.885 bits per heavy atom. The maximum absolute atomic E-state index is 10.4. The van der Waals surface area contributed by atoms with Crippen LogP contribution in [-0.4, -0.2) is 10.2 Å². The molecule has 0 atom stereocenters. The third kappa shape index (κ3) is 3.16. The van der Waals surface area contributed by atoms with Gasteiger partial charge in [0.15, 0.2) is 0 Å². The highest BCUT2D eigenvalue weighted by molar-refractivity contribution is 5.92. The third-order valence-electron chi connectivity index (χ3n) is 5.82. The molecule has 134 valence electrons. The lowest BCUT2D eigenvalue weighted by Gasteiger charge is -2.23. The molecule has 2 heteroatoms. The van der Waals surface area contributed by atoms with Crippen molar-refractivity contribution in [1.29, 1.82) is 0 Å². The normalized spacial score (nSPS) is 15.4. The van der Waals surface area contributed by atoms with Crippen LogP contribution in [0.4, 0.5) is 0 Å². The van der Waals surface area contributed by atoms with Crippen molar-refractivity contribution in [1.82, 2.24) is 0 Å². The minimum Gasteiger partial charge on any atom is -0.508 e. The Hall–Kier alpha value is -2.48. The van der Waals surface area contributed by atoms with E-state index < -0.39 is 0 Å². The molecule has 0 aliphatic heterocycles. The van der Waals surface area contributed by atoms with E-state index in [4.69, 9.17) is 0 Å². The first-order valence-corrected chi connectivity index (χ1v) is 9.65. The number of fused-ring (bicyclic) bond motifs is 1. The van der Waals surface area contributed by atoms with Crippen LogP contribution in [0.1, 0.15) is 60.3 Å². The van der Waals surface area contributed by atoms with Crippen molar-refractivity contribution in [2.75, 3.05) is 0 Å². The molecule has 1 fully saturated rings. The number of hydrogen-bond acceptors (Lipinski definition) is 2. The van der Waals surface area contributed by atoms with Gasteiger partial charge in [0, 0.05) is 5.39 Å². The molecule has 0 spiro atoms. The predicted octanol–water partition coefficient (Wildman–Crippen LogP) is 6.20. The number of benzene rings is 3. The van der Waals surface area contributed by atoms with E-state index in [1.54, 1.807) is 0 Å². The maximum atomic E-state index is 10.4. The second-order valence-electron chi connectivity index (χ2n) is 7.65. The van der Waals surface area contributed by atoms with Crippen LogP contribution < -0.4 is 0 Å². The van der Waals surface area contributed by atoms with E-state index >= 15 is 0 Å². The number of aryl methyl sites for hydroxylation is 1. The van der Waals surface area contributed by atoms with Crippen LogP contribution in [0.3, 0.4) is 0 Å². The largest absolute Gasteiger partial charge is 0.508 e. The second kappa shape index (κ2) is 7.03. The van der Waals surface area contributed by atoms with E-state index in [2.05, 4.69) is 18.2 Å². The van der Waals surface area contributed by atoms with Crippen molar-refractivity contribution in [2.24, 2.45) is 0 Å².